The van der Waals surface area contributed by atoms with Crippen molar-refractivity contribution in [3.05, 3.63) is 63.3 Å². The summed E-state index contributed by atoms with van der Waals surface area (Å²) in [6.45, 7) is 8.12. The third-order valence-corrected chi connectivity index (χ3v) is 5.46. The number of aryl methyl sites for hydroxylation is 1. The van der Waals surface area contributed by atoms with Crippen molar-refractivity contribution in [1.82, 2.24) is 9.47 Å². The average molecular weight is 358 g/mol. The van der Waals surface area contributed by atoms with E-state index in [9.17, 15) is 14.3 Å². The molecule has 3 rings (SSSR count). The van der Waals surface area contributed by atoms with Gasteiger partial charge in [-0.25, -0.2) is 4.39 Å². The molecule has 26 heavy (non-hydrogen) atoms. The van der Waals surface area contributed by atoms with E-state index in [0.717, 1.165) is 31.6 Å². The molecular formula is C21H27FN2O2. The van der Waals surface area contributed by atoms with E-state index in [1.165, 1.54) is 12.1 Å². The second-order valence-corrected chi connectivity index (χ2v) is 7.31. The first kappa shape index (κ1) is 18.6. The Morgan fingerprint density at radius 1 is 1.27 bits per heavy atom. The van der Waals surface area contributed by atoms with Crippen molar-refractivity contribution in [1.29, 1.82) is 0 Å². The number of rotatable bonds is 4. The first-order valence-electron chi connectivity index (χ1n) is 9.35. The second-order valence-electron chi connectivity index (χ2n) is 7.31. The number of hydrogen-bond acceptors (Lipinski definition) is 3. The minimum Gasteiger partial charge on any atom is -0.507 e. The summed E-state index contributed by atoms with van der Waals surface area (Å²) in [5.74, 6) is 0.295. The molecule has 1 aromatic carbocycles. The zero-order valence-corrected chi connectivity index (χ0v) is 15.7. The van der Waals surface area contributed by atoms with Crippen LogP contribution in [0.3, 0.4) is 0 Å². The molecule has 1 aliphatic rings. The van der Waals surface area contributed by atoms with Gasteiger partial charge in [-0.1, -0.05) is 19.1 Å². The van der Waals surface area contributed by atoms with Crippen LogP contribution in [0.15, 0.2) is 35.1 Å². The summed E-state index contributed by atoms with van der Waals surface area (Å²) in [4.78, 5) is 15.3. The number of hydrogen-bond donors (Lipinski definition) is 1. The molecule has 1 fully saturated rings. The molecular weight excluding hydrogens is 331 g/mol. The van der Waals surface area contributed by atoms with Gasteiger partial charge in [-0.2, -0.15) is 0 Å². The predicted molar refractivity (Wildman–Crippen MR) is 101 cm³/mol. The lowest BCUT2D eigenvalue weighted by atomic mass is 9.92. The Hall–Kier alpha value is -2.14. The molecule has 1 saturated heterocycles. The standard InChI is InChI=1S/C21H27FN2O2/c1-4-24-15(3)12-18(25)19(21(24)26)20(16-6-5-7-17(22)13-16)23-10-8-14(2)9-11-23/h5-7,12-14,20,25H,4,8-11H2,1-3H3. The van der Waals surface area contributed by atoms with Crippen LogP contribution < -0.4 is 5.56 Å². The van der Waals surface area contributed by atoms with Crippen molar-refractivity contribution in [2.75, 3.05) is 13.1 Å². The summed E-state index contributed by atoms with van der Waals surface area (Å²) in [7, 11) is 0. The van der Waals surface area contributed by atoms with Crippen LogP contribution in [0.4, 0.5) is 4.39 Å². The van der Waals surface area contributed by atoms with Gasteiger partial charge in [-0.3, -0.25) is 9.69 Å². The van der Waals surface area contributed by atoms with E-state index in [1.54, 1.807) is 16.7 Å². The molecule has 2 heterocycles. The monoisotopic (exact) mass is 358 g/mol. The highest BCUT2D eigenvalue weighted by atomic mass is 19.1. The summed E-state index contributed by atoms with van der Waals surface area (Å²) < 4.78 is 15.6. The Morgan fingerprint density at radius 3 is 2.58 bits per heavy atom. The zero-order chi connectivity index (χ0) is 18.8. The number of piperidine rings is 1. The topological polar surface area (TPSA) is 45.5 Å². The number of aromatic hydroxyl groups is 1. The van der Waals surface area contributed by atoms with Crippen molar-refractivity contribution in [3.8, 4) is 5.75 Å². The molecule has 1 atom stereocenters. The van der Waals surface area contributed by atoms with Crippen LogP contribution >= 0.6 is 0 Å². The van der Waals surface area contributed by atoms with E-state index in [-0.39, 0.29) is 17.1 Å². The fourth-order valence-electron chi connectivity index (χ4n) is 3.94. The summed E-state index contributed by atoms with van der Waals surface area (Å²) in [5, 5.41) is 10.6. The molecule has 0 aliphatic carbocycles. The van der Waals surface area contributed by atoms with Crippen LogP contribution in [0.1, 0.15) is 49.6 Å². The molecule has 4 nitrogen and oxygen atoms in total. The van der Waals surface area contributed by atoms with E-state index in [0.29, 0.717) is 23.6 Å². The average Bonchev–Trinajstić information content (AvgIpc) is 2.60. The highest BCUT2D eigenvalue weighted by Gasteiger charge is 2.31. The third kappa shape index (κ3) is 3.54. The molecule has 0 amide bonds. The first-order chi connectivity index (χ1) is 12.4. The van der Waals surface area contributed by atoms with Crippen molar-refractivity contribution >= 4 is 0 Å². The van der Waals surface area contributed by atoms with E-state index in [4.69, 9.17) is 0 Å². The molecule has 1 N–H and O–H groups in total. The van der Waals surface area contributed by atoms with Crippen molar-refractivity contribution in [3.63, 3.8) is 0 Å². The number of nitrogens with zero attached hydrogens (tertiary/aromatic N) is 2. The Balaban J connectivity index is 2.17. The number of halogens is 1. The van der Waals surface area contributed by atoms with E-state index >= 15 is 0 Å². The number of benzene rings is 1. The van der Waals surface area contributed by atoms with Gasteiger partial charge >= 0.3 is 0 Å². The molecule has 140 valence electrons. The number of pyridine rings is 1. The predicted octanol–water partition coefficient (Wildman–Crippen LogP) is 3.84. The minimum absolute atomic E-state index is 0.00918. The van der Waals surface area contributed by atoms with Gasteiger partial charge in [0.05, 0.1) is 11.6 Å². The maximum Gasteiger partial charge on any atom is 0.259 e. The van der Waals surface area contributed by atoms with Gasteiger partial charge in [-0.15, -0.1) is 0 Å². The molecule has 2 aromatic rings. The molecule has 1 aromatic heterocycles. The minimum atomic E-state index is -0.441. The van der Waals surface area contributed by atoms with Gasteiger partial charge in [0.2, 0.25) is 0 Å². The fraction of sp³-hybridized carbons (Fsp3) is 0.476. The molecule has 5 heteroatoms. The fourth-order valence-corrected chi connectivity index (χ4v) is 3.94. The Labute approximate surface area is 153 Å². The van der Waals surface area contributed by atoms with Crippen molar-refractivity contribution in [2.24, 2.45) is 5.92 Å². The number of aromatic nitrogens is 1. The SMILES string of the molecule is CCn1c(C)cc(O)c(C(c2cccc(F)c2)N2CCC(C)CC2)c1=O. The van der Waals surface area contributed by atoms with Crippen molar-refractivity contribution in [2.45, 2.75) is 46.2 Å². The molecule has 0 radical (unpaired) electrons. The maximum absolute atomic E-state index is 13.9. The molecule has 1 unspecified atom stereocenters. The maximum atomic E-state index is 13.9. The van der Waals surface area contributed by atoms with Gasteiger partial charge in [-0.05, 0) is 69.5 Å². The largest absolute Gasteiger partial charge is 0.507 e. The lowest BCUT2D eigenvalue weighted by Gasteiger charge is -2.37. The van der Waals surface area contributed by atoms with Crippen LogP contribution in [0.25, 0.3) is 0 Å². The highest BCUT2D eigenvalue weighted by molar-refractivity contribution is 5.41. The van der Waals surface area contributed by atoms with Crippen LogP contribution in [-0.2, 0) is 6.54 Å². The first-order valence-corrected chi connectivity index (χ1v) is 9.35. The lowest BCUT2D eigenvalue weighted by Crippen LogP contribution is -2.40. The van der Waals surface area contributed by atoms with E-state index in [1.807, 2.05) is 19.9 Å². The zero-order valence-electron chi connectivity index (χ0n) is 15.7. The third-order valence-electron chi connectivity index (χ3n) is 5.46. The van der Waals surface area contributed by atoms with Crippen molar-refractivity contribution < 1.29 is 9.50 Å². The molecule has 1 aliphatic heterocycles. The van der Waals surface area contributed by atoms with Crippen LogP contribution in [0, 0.1) is 18.7 Å². The van der Waals surface area contributed by atoms with E-state index < -0.39 is 6.04 Å². The van der Waals surface area contributed by atoms with Gasteiger partial charge in [0.1, 0.15) is 11.6 Å². The highest BCUT2D eigenvalue weighted by Crippen LogP contribution is 2.35. The molecule has 0 saturated carbocycles. The van der Waals surface area contributed by atoms with E-state index in [2.05, 4.69) is 11.8 Å². The summed E-state index contributed by atoms with van der Waals surface area (Å²) in [5.41, 5.74) is 1.58. The van der Waals surface area contributed by atoms with Crippen LogP contribution in [0.5, 0.6) is 5.75 Å². The van der Waals surface area contributed by atoms with Gasteiger partial charge < -0.3 is 9.67 Å². The Morgan fingerprint density at radius 2 is 1.96 bits per heavy atom. The molecule has 0 spiro atoms. The number of likely N-dealkylation sites (tertiary alicyclic amines) is 1. The Bertz CT molecular complexity index is 838. The van der Waals surface area contributed by atoms with Gasteiger partial charge in [0.25, 0.3) is 5.56 Å². The van der Waals surface area contributed by atoms with Crippen LogP contribution in [0.2, 0.25) is 0 Å². The Kier molecular flexibility index (Phi) is 5.47. The summed E-state index contributed by atoms with van der Waals surface area (Å²) in [6.07, 6.45) is 2.06. The second kappa shape index (κ2) is 7.62. The van der Waals surface area contributed by atoms with Gasteiger partial charge in [0, 0.05) is 12.2 Å². The normalized spacial score (nSPS) is 17.4. The summed E-state index contributed by atoms with van der Waals surface area (Å²) >= 11 is 0. The smallest absolute Gasteiger partial charge is 0.259 e. The van der Waals surface area contributed by atoms with Gasteiger partial charge in [0.15, 0.2) is 0 Å². The van der Waals surface area contributed by atoms with Crippen LogP contribution in [-0.4, -0.2) is 27.7 Å². The summed E-state index contributed by atoms with van der Waals surface area (Å²) in [6, 6.07) is 7.56. The molecule has 0 bridgehead atoms. The lowest BCUT2D eigenvalue weighted by molar-refractivity contribution is 0.154. The quantitative estimate of drug-likeness (QED) is 0.903.